The lowest BCUT2D eigenvalue weighted by atomic mass is 9.46. The van der Waals surface area contributed by atoms with Crippen molar-refractivity contribution in [1.29, 1.82) is 0 Å². The standard InChI is InChI=1S/C30H48O3/c1-19(2)20(3)8-9-21(4)25-10-11-26-24-13-17-30(32)18-23(33-22(5)31)12-16-29(30,7)27(24)14-15-28(25,26)6/h8-9,13,19-21,23,25-27,32H,10-12,14-18H2,1-7H3/t20?,21?,23?,25?,26?,27?,28-,29-,30-/m1/s1. The van der Waals surface area contributed by atoms with Crippen molar-refractivity contribution in [3.63, 3.8) is 0 Å². The second kappa shape index (κ2) is 8.85. The topological polar surface area (TPSA) is 46.5 Å². The number of carbonyl (C=O) groups is 1. The van der Waals surface area contributed by atoms with Gasteiger partial charge in [0, 0.05) is 18.8 Å². The van der Waals surface area contributed by atoms with Crippen molar-refractivity contribution in [2.45, 2.75) is 112 Å². The summed E-state index contributed by atoms with van der Waals surface area (Å²) in [5.41, 5.74) is 1.17. The lowest BCUT2D eigenvalue weighted by molar-refractivity contribution is -0.183. The molecule has 3 nitrogen and oxygen atoms in total. The van der Waals surface area contributed by atoms with E-state index in [1.165, 1.54) is 32.6 Å². The van der Waals surface area contributed by atoms with Crippen LogP contribution in [0, 0.1) is 46.3 Å². The van der Waals surface area contributed by atoms with Crippen LogP contribution in [0.5, 0.6) is 0 Å². The molecule has 0 aliphatic heterocycles. The van der Waals surface area contributed by atoms with Gasteiger partial charge in [-0.1, -0.05) is 65.3 Å². The Morgan fingerprint density at radius 3 is 2.45 bits per heavy atom. The molecule has 0 heterocycles. The number of aliphatic hydroxyl groups is 1. The van der Waals surface area contributed by atoms with Gasteiger partial charge in [0.25, 0.3) is 0 Å². The molecule has 3 saturated carbocycles. The first-order chi connectivity index (χ1) is 15.4. The van der Waals surface area contributed by atoms with E-state index >= 15 is 0 Å². The third kappa shape index (κ3) is 4.15. The minimum atomic E-state index is -0.756. The van der Waals surface area contributed by atoms with E-state index in [0.29, 0.717) is 47.8 Å². The summed E-state index contributed by atoms with van der Waals surface area (Å²) in [7, 11) is 0. The van der Waals surface area contributed by atoms with Crippen LogP contribution in [-0.4, -0.2) is 22.8 Å². The molecule has 0 aromatic rings. The van der Waals surface area contributed by atoms with Gasteiger partial charge in [-0.05, 0) is 85.9 Å². The molecule has 0 aromatic carbocycles. The van der Waals surface area contributed by atoms with E-state index in [1.54, 1.807) is 5.57 Å². The van der Waals surface area contributed by atoms with Crippen molar-refractivity contribution < 1.29 is 14.6 Å². The van der Waals surface area contributed by atoms with Crippen molar-refractivity contribution in [3.8, 4) is 0 Å². The van der Waals surface area contributed by atoms with Crippen LogP contribution in [-0.2, 0) is 9.53 Å². The second-order valence-corrected chi connectivity index (χ2v) is 13.0. The number of esters is 1. The lowest BCUT2D eigenvalue weighted by Gasteiger charge is -2.61. The number of rotatable bonds is 5. The SMILES string of the molecule is CC(=O)OC1CC[C@]2(C)C3CC[C@@]4(C)C(CCC4C(C)C=CC(C)C(C)C)C3=CC[C@@]2(O)C1. The maximum Gasteiger partial charge on any atom is 0.302 e. The molecule has 0 radical (unpaired) electrons. The summed E-state index contributed by atoms with van der Waals surface area (Å²) in [6.07, 6.45) is 15.5. The maximum atomic E-state index is 11.8. The van der Waals surface area contributed by atoms with E-state index in [-0.39, 0.29) is 17.5 Å². The molecule has 0 spiro atoms. The highest BCUT2D eigenvalue weighted by atomic mass is 16.5. The van der Waals surface area contributed by atoms with Crippen molar-refractivity contribution in [1.82, 2.24) is 0 Å². The molecule has 6 unspecified atom stereocenters. The van der Waals surface area contributed by atoms with Crippen LogP contribution in [0.25, 0.3) is 0 Å². The van der Waals surface area contributed by atoms with Gasteiger partial charge in [0.15, 0.2) is 0 Å². The van der Waals surface area contributed by atoms with Gasteiger partial charge in [-0.25, -0.2) is 0 Å². The second-order valence-electron chi connectivity index (χ2n) is 13.0. The molecule has 4 aliphatic rings. The molecule has 4 rings (SSSR count). The van der Waals surface area contributed by atoms with Gasteiger partial charge in [-0.2, -0.15) is 0 Å². The molecule has 4 aliphatic carbocycles. The van der Waals surface area contributed by atoms with Crippen molar-refractivity contribution in [2.75, 3.05) is 0 Å². The summed E-state index contributed by atoms with van der Waals surface area (Å²) in [5.74, 6) is 3.59. The summed E-state index contributed by atoms with van der Waals surface area (Å²) in [6.45, 7) is 15.8. The molecule has 0 bridgehead atoms. The number of allylic oxidation sites excluding steroid dienone is 3. The predicted octanol–water partition coefficient (Wildman–Crippen LogP) is 7.10. The van der Waals surface area contributed by atoms with Crippen molar-refractivity contribution in [3.05, 3.63) is 23.8 Å². The highest BCUT2D eigenvalue weighted by Crippen LogP contribution is 2.67. The molecule has 3 heteroatoms. The molecule has 186 valence electrons. The van der Waals surface area contributed by atoms with E-state index in [4.69, 9.17) is 4.74 Å². The molecule has 33 heavy (non-hydrogen) atoms. The average Bonchev–Trinajstić information content (AvgIpc) is 3.09. The molecular formula is C30H48O3. The van der Waals surface area contributed by atoms with E-state index in [0.717, 1.165) is 18.8 Å². The van der Waals surface area contributed by atoms with Crippen LogP contribution >= 0.6 is 0 Å². The zero-order chi connectivity index (χ0) is 24.2. The Bertz CT molecular complexity index is 811. The number of ether oxygens (including phenoxy) is 1. The van der Waals surface area contributed by atoms with Crippen LogP contribution in [0.2, 0.25) is 0 Å². The molecule has 1 N–H and O–H groups in total. The Morgan fingerprint density at radius 2 is 1.79 bits per heavy atom. The monoisotopic (exact) mass is 456 g/mol. The summed E-state index contributed by atoms with van der Waals surface area (Å²) < 4.78 is 5.54. The lowest BCUT2D eigenvalue weighted by Crippen LogP contribution is -2.60. The predicted molar refractivity (Wildman–Crippen MR) is 135 cm³/mol. The van der Waals surface area contributed by atoms with Crippen LogP contribution < -0.4 is 0 Å². The van der Waals surface area contributed by atoms with Crippen LogP contribution in [0.4, 0.5) is 0 Å². The van der Waals surface area contributed by atoms with Gasteiger partial charge in [0.2, 0.25) is 0 Å². The molecule has 0 saturated heterocycles. The highest BCUT2D eigenvalue weighted by molar-refractivity contribution is 5.66. The molecule has 0 aromatic heterocycles. The highest BCUT2D eigenvalue weighted by Gasteiger charge is 2.62. The minimum absolute atomic E-state index is 0.106. The van der Waals surface area contributed by atoms with Crippen molar-refractivity contribution >= 4 is 5.97 Å². The number of carbonyl (C=O) groups excluding carboxylic acids is 1. The van der Waals surface area contributed by atoms with E-state index in [9.17, 15) is 9.90 Å². The zero-order valence-corrected chi connectivity index (χ0v) is 22.2. The zero-order valence-electron chi connectivity index (χ0n) is 22.2. The summed E-state index contributed by atoms with van der Waals surface area (Å²) in [6, 6.07) is 0. The van der Waals surface area contributed by atoms with Gasteiger partial charge >= 0.3 is 5.97 Å². The van der Waals surface area contributed by atoms with Gasteiger partial charge < -0.3 is 9.84 Å². The Labute approximate surface area is 202 Å². The molecular weight excluding hydrogens is 408 g/mol. The van der Waals surface area contributed by atoms with Crippen LogP contribution in [0.15, 0.2) is 23.8 Å². The fraction of sp³-hybridized carbons (Fsp3) is 0.833. The molecule has 3 fully saturated rings. The number of fused-ring (bicyclic) bond motifs is 5. The summed E-state index contributed by atoms with van der Waals surface area (Å²) in [4.78, 5) is 11.5. The quantitative estimate of drug-likeness (QED) is 0.354. The Kier molecular flexibility index (Phi) is 6.71. The average molecular weight is 457 g/mol. The maximum absolute atomic E-state index is 11.8. The first-order valence-electron chi connectivity index (χ1n) is 13.7. The smallest absolute Gasteiger partial charge is 0.302 e. The fourth-order valence-corrected chi connectivity index (χ4v) is 8.42. The van der Waals surface area contributed by atoms with Crippen molar-refractivity contribution in [2.24, 2.45) is 46.3 Å². The number of hydrogen-bond donors (Lipinski definition) is 1. The minimum Gasteiger partial charge on any atom is -0.462 e. The third-order valence-corrected chi connectivity index (χ3v) is 11.0. The Balaban J connectivity index is 1.55. The van der Waals surface area contributed by atoms with Crippen LogP contribution in [0.3, 0.4) is 0 Å². The Morgan fingerprint density at radius 1 is 1.06 bits per heavy atom. The van der Waals surface area contributed by atoms with Gasteiger partial charge in [-0.15, -0.1) is 0 Å². The largest absolute Gasteiger partial charge is 0.462 e. The number of hydrogen-bond acceptors (Lipinski definition) is 3. The van der Waals surface area contributed by atoms with Gasteiger partial charge in [0.1, 0.15) is 6.10 Å². The normalized spacial score (nSPS) is 44.6. The van der Waals surface area contributed by atoms with E-state index in [2.05, 4.69) is 59.8 Å². The van der Waals surface area contributed by atoms with E-state index < -0.39 is 5.60 Å². The first-order valence-corrected chi connectivity index (χ1v) is 13.7. The fourth-order valence-electron chi connectivity index (χ4n) is 8.42. The summed E-state index contributed by atoms with van der Waals surface area (Å²) >= 11 is 0. The van der Waals surface area contributed by atoms with Gasteiger partial charge in [-0.3, -0.25) is 4.79 Å². The van der Waals surface area contributed by atoms with E-state index in [1.807, 2.05) is 0 Å². The third-order valence-electron chi connectivity index (χ3n) is 11.0. The van der Waals surface area contributed by atoms with Gasteiger partial charge in [0.05, 0.1) is 5.60 Å². The Hall–Kier alpha value is -1.09. The molecule has 0 amide bonds. The summed E-state index contributed by atoms with van der Waals surface area (Å²) in [5, 5.41) is 11.8. The molecule has 9 atom stereocenters. The first kappa shape index (κ1) is 25.0. The van der Waals surface area contributed by atoms with Crippen LogP contribution in [0.1, 0.15) is 99.8 Å².